The third-order valence-electron chi connectivity index (χ3n) is 7.49. The minimum absolute atomic E-state index is 0.155. The second-order valence-corrected chi connectivity index (χ2v) is 10.5. The van der Waals surface area contributed by atoms with Crippen LogP contribution in [0.15, 0.2) is 60.8 Å². The van der Waals surface area contributed by atoms with Crippen molar-refractivity contribution in [3.63, 3.8) is 0 Å². The lowest BCUT2D eigenvalue weighted by molar-refractivity contribution is -0.144. The van der Waals surface area contributed by atoms with Crippen LogP contribution in [0, 0.1) is 13.8 Å². The van der Waals surface area contributed by atoms with Crippen LogP contribution in [-0.2, 0) is 34.6 Å². The summed E-state index contributed by atoms with van der Waals surface area (Å²) in [5.74, 6) is -0.354. The molecule has 0 fully saturated rings. The maximum atomic E-state index is 14.0. The highest BCUT2D eigenvalue weighted by molar-refractivity contribution is 6.36. The number of pyridine rings is 2. The fourth-order valence-electron chi connectivity index (χ4n) is 5.45. The molecule has 0 saturated heterocycles. The molecule has 0 aliphatic rings. The number of esters is 1. The van der Waals surface area contributed by atoms with E-state index in [1.54, 1.807) is 25.2 Å². The zero-order valence-corrected chi connectivity index (χ0v) is 24.7. The number of nitrogens with zero attached hydrogens (tertiary/aromatic N) is 5. The molecule has 0 aliphatic heterocycles. The lowest BCUT2D eigenvalue weighted by Crippen LogP contribution is -2.42. The van der Waals surface area contributed by atoms with Crippen molar-refractivity contribution in [3.8, 4) is 5.88 Å². The van der Waals surface area contributed by atoms with Gasteiger partial charge in [-0.1, -0.05) is 41.1 Å². The van der Waals surface area contributed by atoms with Crippen molar-refractivity contribution in [2.24, 2.45) is 7.05 Å². The van der Waals surface area contributed by atoms with Gasteiger partial charge in [0, 0.05) is 41.4 Å². The van der Waals surface area contributed by atoms with Crippen molar-refractivity contribution in [2.75, 3.05) is 14.2 Å². The lowest BCUT2D eigenvalue weighted by atomic mass is 9.71. The summed E-state index contributed by atoms with van der Waals surface area (Å²) in [6.45, 7) is 3.67. The highest BCUT2D eigenvalue weighted by Gasteiger charge is 2.49. The quantitative estimate of drug-likeness (QED) is 0.204. The summed E-state index contributed by atoms with van der Waals surface area (Å²) in [6.07, 6.45) is -2.79. The first kappa shape index (κ1) is 30.0. The van der Waals surface area contributed by atoms with Crippen molar-refractivity contribution < 1.29 is 27.4 Å². The first-order valence-corrected chi connectivity index (χ1v) is 13.5. The van der Waals surface area contributed by atoms with Crippen LogP contribution in [0.1, 0.15) is 44.9 Å². The summed E-state index contributed by atoms with van der Waals surface area (Å²) in [7, 11) is 4.43. The molecule has 0 radical (unpaired) electrons. The van der Waals surface area contributed by atoms with Gasteiger partial charge in [-0.05, 0) is 55.3 Å². The van der Waals surface area contributed by atoms with E-state index in [2.05, 4.69) is 20.3 Å². The maximum absolute atomic E-state index is 14.0. The molecular formula is C31H27ClF3N5O3. The highest BCUT2D eigenvalue weighted by atomic mass is 35.5. The molecule has 3 aromatic heterocycles. The van der Waals surface area contributed by atoms with Crippen LogP contribution in [0.4, 0.5) is 13.2 Å². The Balaban J connectivity index is 1.76. The largest absolute Gasteiger partial charge is 0.481 e. The van der Waals surface area contributed by atoms with Gasteiger partial charge in [-0.3, -0.25) is 14.5 Å². The first-order chi connectivity index (χ1) is 20.4. The van der Waals surface area contributed by atoms with Gasteiger partial charge in [0.25, 0.3) is 0 Å². The van der Waals surface area contributed by atoms with Crippen LogP contribution in [0.25, 0.3) is 10.9 Å². The predicted molar refractivity (Wildman–Crippen MR) is 154 cm³/mol. The van der Waals surface area contributed by atoms with E-state index in [4.69, 9.17) is 21.1 Å². The number of aryl methyl sites for hydroxylation is 3. The number of methoxy groups -OCH3 is 2. The number of alkyl halides is 3. The molecule has 5 rings (SSSR count). The van der Waals surface area contributed by atoms with Gasteiger partial charge < -0.3 is 9.47 Å². The number of carbonyl (C=O) groups is 1. The summed E-state index contributed by atoms with van der Waals surface area (Å²) in [5.41, 5.74) is 2.14. The summed E-state index contributed by atoms with van der Waals surface area (Å²) in [6, 6.07) is 13.7. The monoisotopic (exact) mass is 609 g/mol. The van der Waals surface area contributed by atoms with Gasteiger partial charge in [-0.2, -0.15) is 13.2 Å². The summed E-state index contributed by atoms with van der Waals surface area (Å²) < 4.78 is 51.8. The van der Waals surface area contributed by atoms with Gasteiger partial charge in [-0.15, -0.1) is 5.10 Å². The fraction of sp³-hybridized carbons (Fsp3) is 0.258. The molecule has 222 valence electrons. The van der Waals surface area contributed by atoms with E-state index in [1.165, 1.54) is 37.2 Å². The minimum atomic E-state index is -4.45. The smallest absolute Gasteiger partial charge is 0.416 e. The van der Waals surface area contributed by atoms with Crippen molar-refractivity contribution in [1.29, 1.82) is 0 Å². The Bertz CT molecular complexity index is 1840. The van der Waals surface area contributed by atoms with Crippen LogP contribution >= 0.6 is 11.6 Å². The molecule has 0 spiro atoms. The van der Waals surface area contributed by atoms with Crippen molar-refractivity contribution in [2.45, 2.75) is 31.9 Å². The van der Waals surface area contributed by atoms with Gasteiger partial charge in [0.1, 0.15) is 0 Å². The van der Waals surface area contributed by atoms with E-state index in [1.807, 2.05) is 26.0 Å². The second-order valence-electron chi connectivity index (χ2n) is 10.1. The minimum Gasteiger partial charge on any atom is -0.481 e. The van der Waals surface area contributed by atoms with Crippen LogP contribution < -0.4 is 4.74 Å². The first-order valence-electron chi connectivity index (χ1n) is 13.1. The maximum Gasteiger partial charge on any atom is 0.416 e. The highest BCUT2D eigenvalue weighted by Crippen LogP contribution is 2.44. The van der Waals surface area contributed by atoms with Crippen molar-refractivity contribution >= 4 is 28.5 Å². The Morgan fingerprint density at radius 1 is 0.977 bits per heavy atom. The fourth-order valence-corrected chi connectivity index (χ4v) is 5.75. The van der Waals surface area contributed by atoms with E-state index in [9.17, 15) is 18.0 Å². The molecule has 8 nitrogen and oxygen atoms in total. The standard InChI is InChI=1S/C31H27ClF3N5O3/c1-17-6-12-24(18(2)37-17)30(29(41)43-5,26-16-36-39-40(26)3)21-11-13-25-22(15-21)27(32)23(28(38-25)42-4)14-19-7-9-20(10-8-19)31(33,34)35/h6-13,15-16H,14H2,1-5H3. The number of hydrogen-bond acceptors (Lipinski definition) is 7. The average Bonchev–Trinajstić information content (AvgIpc) is 3.41. The predicted octanol–water partition coefficient (Wildman–Crippen LogP) is 6.15. The number of halogens is 4. The van der Waals surface area contributed by atoms with E-state index in [-0.39, 0.29) is 17.3 Å². The van der Waals surface area contributed by atoms with Gasteiger partial charge in [0.15, 0.2) is 5.41 Å². The number of carbonyl (C=O) groups excluding carboxylic acids is 1. The second kappa shape index (κ2) is 11.3. The topological polar surface area (TPSA) is 92.0 Å². The number of rotatable bonds is 7. The van der Waals surface area contributed by atoms with E-state index in [0.29, 0.717) is 44.5 Å². The van der Waals surface area contributed by atoms with Crippen LogP contribution in [-0.4, -0.2) is 45.2 Å². The van der Waals surface area contributed by atoms with Gasteiger partial charge in [0.2, 0.25) is 5.88 Å². The van der Waals surface area contributed by atoms with Crippen molar-refractivity contribution in [1.82, 2.24) is 25.0 Å². The van der Waals surface area contributed by atoms with Gasteiger partial charge >= 0.3 is 12.1 Å². The Morgan fingerprint density at radius 3 is 2.26 bits per heavy atom. The Labute approximate surface area is 250 Å². The molecule has 0 bridgehead atoms. The van der Waals surface area contributed by atoms with Gasteiger partial charge in [-0.25, -0.2) is 4.98 Å². The number of ether oxygens (including phenoxy) is 2. The molecule has 12 heteroatoms. The Morgan fingerprint density at radius 2 is 1.67 bits per heavy atom. The number of fused-ring (bicyclic) bond motifs is 1. The number of benzene rings is 2. The zero-order chi connectivity index (χ0) is 31.1. The molecule has 2 aromatic carbocycles. The Hall–Kier alpha value is -4.51. The van der Waals surface area contributed by atoms with Gasteiger partial charge in [0.05, 0.1) is 42.2 Å². The summed E-state index contributed by atoms with van der Waals surface area (Å²) in [4.78, 5) is 23.2. The average molecular weight is 610 g/mol. The molecule has 0 N–H and O–H groups in total. The van der Waals surface area contributed by atoms with Crippen LogP contribution in [0.5, 0.6) is 5.88 Å². The summed E-state index contributed by atoms with van der Waals surface area (Å²) >= 11 is 7.01. The Kier molecular flexibility index (Phi) is 7.87. The molecular weight excluding hydrogens is 583 g/mol. The third kappa shape index (κ3) is 5.18. The van der Waals surface area contributed by atoms with E-state index >= 15 is 0 Å². The molecule has 1 atom stereocenters. The molecule has 5 aromatic rings. The lowest BCUT2D eigenvalue weighted by Gasteiger charge is -2.33. The molecule has 3 heterocycles. The summed E-state index contributed by atoms with van der Waals surface area (Å²) in [5, 5.41) is 8.93. The van der Waals surface area contributed by atoms with Crippen molar-refractivity contribution in [3.05, 3.63) is 111 Å². The number of aromatic nitrogens is 5. The molecule has 43 heavy (non-hydrogen) atoms. The normalized spacial score (nSPS) is 13.1. The van der Waals surface area contributed by atoms with E-state index < -0.39 is 23.1 Å². The van der Waals surface area contributed by atoms with Crippen LogP contribution in [0.3, 0.4) is 0 Å². The van der Waals surface area contributed by atoms with E-state index in [0.717, 1.165) is 17.8 Å². The molecule has 0 aliphatic carbocycles. The zero-order valence-electron chi connectivity index (χ0n) is 24.0. The molecule has 0 amide bonds. The SMILES string of the molecule is COC(=O)C(c1ccc2nc(OC)c(Cc3ccc(C(F)(F)F)cc3)c(Cl)c2c1)(c1ccc(C)nc1C)c1cnnn1C. The molecule has 1 unspecified atom stereocenters. The van der Waals surface area contributed by atoms with Crippen LogP contribution in [0.2, 0.25) is 5.02 Å². The number of hydrogen-bond donors (Lipinski definition) is 0. The third-order valence-corrected chi connectivity index (χ3v) is 7.92. The molecule has 0 saturated carbocycles.